The van der Waals surface area contributed by atoms with E-state index in [0.29, 0.717) is 5.92 Å². The molecule has 0 N–H and O–H groups in total. The summed E-state index contributed by atoms with van der Waals surface area (Å²) in [5.74, 6) is 0.627. The van der Waals surface area contributed by atoms with E-state index in [1.54, 1.807) is 13.1 Å². The quantitative estimate of drug-likeness (QED) is 0.589. The highest BCUT2D eigenvalue weighted by Gasteiger charge is 2.25. The standard InChI is InChI=1S/C8H10N2O/c1-10-8(11)5-4-7(9-10)6-2-3-6/h4-6H,2-3H2,1H3. The van der Waals surface area contributed by atoms with Gasteiger partial charge in [0.25, 0.3) is 5.56 Å². The highest BCUT2D eigenvalue weighted by atomic mass is 16.1. The van der Waals surface area contributed by atoms with Crippen LogP contribution in [0, 0.1) is 0 Å². The fourth-order valence-electron chi connectivity index (χ4n) is 1.12. The maximum absolute atomic E-state index is 10.9. The first-order valence-electron chi connectivity index (χ1n) is 3.81. The minimum atomic E-state index is -0.0330. The van der Waals surface area contributed by atoms with Crippen molar-refractivity contribution in [3.8, 4) is 0 Å². The normalized spacial score (nSPS) is 16.8. The molecule has 0 radical (unpaired) electrons. The van der Waals surface area contributed by atoms with Crippen molar-refractivity contribution >= 4 is 0 Å². The average Bonchev–Trinajstić information content (AvgIpc) is 2.77. The van der Waals surface area contributed by atoms with Crippen LogP contribution in [0.15, 0.2) is 16.9 Å². The van der Waals surface area contributed by atoms with Crippen molar-refractivity contribution in [1.29, 1.82) is 0 Å². The van der Waals surface area contributed by atoms with Crippen molar-refractivity contribution in [3.05, 3.63) is 28.2 Å². The minimum Gasteiger partial charge on any atom is -0.268 e. The topological polar surface area (TPSA) is 34.9 Å². The second-order valence-corrected chi connectivity index (χ2v) is 2.99. The highest BCUT2D eigenvalue weighted by Crippen LogP contribution is 2.38. The van der Waals surface area contributed by atoms with Gasteiger partial charge in [0.05, 0.1) is 5.69 Å². The zero-order valence-corrected chi connectivity index (χ0v) is 6.45. The molecular weight excluding hydrogens is 140 g/mol. The molecule has 0 aromatic carbocycles. The van der Waals surface area contributed by atoms with Crippen LogP contribution in [0.2, 0.25) is 0 Å². The zero-order chi connectivity index (χ0) is 7.84. The van der Waals surface area contributed by atoms with Gasteiger partial charge in [0.1, 0.15) is 0 Å². The van der Waals surface area contributed by atoms with Gasteiger partial charge < -0.3 is 0 Å². The van der Waals surface area contributed by atoms with Crippen LogP contribution >= 0.6 is 0 Å². The fourth-order valence-corrected chi connectivity index (χ4v) is 1.12. The Labute approximate surface area is 64.7 Å². The molecule has 1 aliphatic carbocycles. The van der Waals surface area contributed by atoms with Crippen molar-refractivity contribution in [3.63, 3.8) is 0 Å². The lowest BCUT2D eigenvalue weighted by molar-refractivity contribution is 0.678. The Kier molecular flexibility index (Phi) is 1.31. The van der Waals surface area contributed by atoms with Crippen molar-refractivity contribution in [2.24, 2.45) is 7.05 Å². The van der Waals surface area contributed by atoms with Crippen LogP contribution in [0.3, 0.4) is 0 Å². The van der Waals surface area contributed by atoms with Crippen LogP contribution in [0.1, 0.15) is 24.5 Å². The van der Waals surface area contributed by atoms with Gasteiger partial charge in [0.2, 0.25) is 0 Å². The third-order valence-electron chi connectivity index (χ3n) is 1.98. The van der Waals surface area contributed by atoms with Crippen LogP contribution in [0.5, 0.6) is 0 Å². The minimum absolute atomic E-state index is 0.0330. The molecule has 0 spiro atoms. The first-order chi connectivity index (χ1) is 5.27. The largest absolute Gasteiger partial charge is 0.268 e. The first-order valence-corrected chi connectivity index (χ1v) is 3.81. The molecule has 1 aromatic rings. The predicted octanol–water partition coefficient (Wildman–Crippen LogP) is 0.658. The van der Waals surface area contributed by atoms with Gasteiger partial charge in [0.15, 0.2) is 0 Å². The van der Waals surface area contributed by atoms with Crippen LogP contribution in [-0.2, 0) is 7.05 Å². The number of nitrogens with zero attached hydrogens (tertiary/aromatic N) is 2. The summed E-state index contributed by atoms with van der Waals surface area (Å²) in [5.41, 5.74) is 1.03. The first kappa shape index (κ1) is 6.58. The van der Waals surface area contributed by atoms with Crippen molar-refractivity contribution in [2.45, 2.75) is 18.8 Å². The number of hydrogen-bond acceptors (Lipinski definition) is 2. The van der Waals surface area contributed by atoms with Gasteiger partial charge in [0, 0.05) is 19.0 Å². The molecule has 0 atom stereocenters. The average molecular weight is 150 g/mol. The maximum atomic E-state index is 10.9. The Morgan fingerprint density at radius 3 is 2.82 bits per heavy atom. The smallest absolute Gasteiger partial charge is 0.266 e. The second kappa shape index (κ2) is 2.19. The van der Waals surface area contributed by atoms with E-state index in [0.717, 1.165) is 5.69 Å². The lowest BCUT2D eigenvalue weighted by Gasteiger charge is -1.98. The molecule has 3 heteroatoms. The van der Waals surface area contributed by atoms with Gasteiger partial charge in [-0.05, 0) is 18.9 Å². The summed E-state index contributed by atoms with van der Waals surface area (Å²) in [7, 11) is 1.69. The van der Waals surface area contributed by atoms with E-state index in [2.05, 4.69) is 5.10 Å². The number of hydrogen-bond donors (Lipinski definition) is 0. The second-order valence-electron chi connectivity index (χ2n) is 2.99. The molecular formula is C8H10N2O. The predicted molar refractivity (Wildman–Crippen MR) is 41.5 cm³/mol. The molecule has 3 nitrogen and oxygen atoms in total. The van der Waals surface area contributed by atoms with Crippen LogP contribution in [0.4, 0.5) is 0 Å². The van der Waals surface area contributed by atoms with Crippen molar-refractivity contribution in [1.82, 2.24) is 9.78 Å². The Bertz CT molecular complexity index is 325. The highest BCUT2D eigenvalue weighted by molar-refractivity contribution is 5.12. The van der Waals surface area contributed by atoms with E-state index in [1.165, 1.54) is 17.5 Å². The third kappa shape index (κ3) is 1.18. The molecule has 0 amide bonds. The lowest BCUT2D eigenvalue weighted by Crippen LogP contribution is -2.18. The molecule has 0 aliphatic heterocycles. The maximum Gasteiger partial charge on any atom is 0.266 e. The summed E-state index contributed by atoms with van der Waals surface area (Å²) in [6.45, 7) is 0. The summed E-state index contributed by atoms with van der Waals surface area (Å²) >= 11 is 0. The summed E-state index contributed by atoms with van der Waals surface area (Å²) < 4.78 is 1.40. The molecule has 2 rings (SSSR count). The van der Waals surface area contributed by atoms with Gasteiger partial charge in [-0.2, -0.15) is 5.10 Å². The van der Waals surface area contributed by atoms with Crippen molar-refractivity contribution < 1.29 is 0 Å². The lowest BCUT2D eigenvalue weighted by atomic mass is 10.3. The number of aromatic nitrogens is 2. The number of aryl methyl sites for hydroxylation is 1. The SMILES string of the molecule is Cn1nc(C2CC2)ccc1=O. The van der Waals surface area contributed by atoms with Gasteiger partial charge in [-0.1, -0.05) is 0 Å². The number of rotatable bonds is 1. The van der Waals surface area contributed by atoms with E-state index in [4.69, 9.17) is 0 Å². The Balaban J connectivity index is 2.44. The van der Waals surface area contributed by atoms with Gasteiger partial charge >= 0.3 is 0 Å². The Morgan fingerprint density at radius 2 is 2.27 bits per heavy atom. The third-order valence-corrected chi connectivity index (χ3v) is 1.98. The molecule has 0 bridgehead atoms. The fraction of sp³-hybridized carbons (Fsp3) is 0.500. The Hall–Kier alpha value is -1.12. The van der Waals surface area contributed by atoms with Gasteiger partial charge in [-0.25, -0.2) is 4.68 Å². The van der Waals surface area contributed by atoms with E-state index >= 15 is 0 Å². The Morgan fingerprint density at radius 1 is 1.55 bits per heavy atom. The van der Waals surface area contributed by atoms with Crippen LogP contribution in [-0.4, -0.2) is 9.78 Å². The summed E-state index contributed by atoms with van der Waals surface area (Å²) in [5, 5.41) is 4.14. The molecule has 58 valence electrons. The molecule has 0 unspecified atom stereocenters. The van der Waals surface area contributed by atoms with Crippen molar-refractivity contribution in [2.75, 3.05) is 0 Å². The molecule has 1 aliphatic rings. The van der Waals surface area contributed by atoms with Gasteiger partial charge in [-0.15, -0.1) is 0 Å². The van der Waals surface area contributed by atoms with E-state index in [9.17, 15) is 4.79 Å². The molecule has 1 aromatic heterocycles. The molecule has 11 heavy (non-hydrogen) atoms. The van der Waals surface area contributed by atoms with E-state index < -0.39 is 0 Å². The molecule has 1 fully saturated rings. The van der Waals surface area contributed by atoms with Crippen LogP contribution < -0.4 is 5.56 Å². The van der Waals surface area contributed by atoms with E-state index in [1.807, 2.05) is 6.07 Å². The monoisotopic (exact) mass is 150 g/mol. The zero-order valence-electron chi connectivity index (χ0n) is 6.45. The molecule has 1 heterocycles. The van der Waals surface area contributed by atoms with E-state index in [-0.39, 0.29) is 5.56 Å². The summed E-state index contributed by atoms with van der Waals surface area (Å²) in [4.78, 5) is 10.9. The van der Waals surface area contributed by atoms with Gasteiger partial charge in [-0.3, -0.25) is 4.79 Å². The molecule has 0 saturated heterocycles. The molecule has 1 saturated carbocycles. The van der Waals surface area contributed by atoms with Crippen LogP contribution in [0.25, 0.3) is 0 Å². The summed E-state index contributed by atoms with van der Waals surface area (Å²) in [6, 6.07) is 3.42. The summed E-state index contributed by atoms with van der Waals surface area (Å²) in [6.07, 6.45) is 2.45.